The summed E-state index contributed by atoms with van der Waals surface area (Å²) in [6, 6.07) is 11.1. The molecule has 0 saturated heterocycles. The van der Waals surface area contributed by atoms with Crippen LogP contribution in [0.1, 0.15) is 22.3 Å². The van der Waals surface area contributed by atoms with Gasteiger partial charge in [0.05, 0.1) is 12.1 Å². The van der Waals surface area contributed by atoms with Gasteiger partial charge in [-0.05, 0) is 36.6 Å². The molecule has 0 radical (unpaired) electrons. The number of halogens is 1. The predicted molar refractivity (Wildman–Crippen MR) is 91.8 cm³/mol. The average Bonchev–Trinajstić information content (AvgIpc) is 2.61. The molecule has 24 heavy (non-hydrogen) atoms. The van der Waals surface area contributed by atoms with Crippen molar-refractivity contribution in [3.8, 4) is 0 Å². The van der Waals surface area contributed by atoms with Gasteiger partial charge in [-0.3, -0.25) is 20.4 Å². The molecule has 0 unspecified atom stereocenters. The molecule has 0 spiro atoms. The van der Waals surface area contributed by atoms with Crippen LogP contribution in [0.3, 0.4) is 0 Å². The Morgan fingerprint density at radius 1 is 1.17 bits per heavy atom. The van der Waals surface area contributed by atoms with E-state index in [1.165, 1.54) is 23.9 Å². The van der Waals surface area contributed by atoms with E-state index >= 15 is 0 Å². The minimum Gasteiger partial charge on any atom is -0.362 e. The van der Waals surface area contributed by atoms with Gasteiger partial charge < -0.3 is 4.90 Å². The number of hydrogen-bond donors (Lipinski definition) is 2. The van der Waals surface area contributed by atoms with Crippen LogP contribution in [-0.2, 0) is 11.2 Å². The molecule has 2 amide bonds. The molecule has 2 heterocycles. The second-order valence-electron chi connectivity index (χ2n) is 5.53. The van der Waals surface area contributed by atoms with Crippen LogP contribution in [-0.4, -0.2) is 29.9 Å². The highest BCUT2D eigenvalue weighted by Crippen LogP contribution is 2.26. The van der Waals surface area contributed by atoms with Gasteiger partial charge in [0.15, 0.2) is 0 Å². The highest BCUT2D eigenvalue weighted by Gasteiger charge is 2.18. The van der Waals surface area contributed by atoms with Crippen LogP contribution < -0.4 is 15.8 Å². The van der Waals surface area contributed by atoms with Crippen molar-refractivity contribution in [3.63, 3.8) is 0 Å². The number of pyridine rings is 1. The van der Waals surface area contributed by atoms with Gasteiger partial charge >= 0.3 is 0 Å². The fourth-order valence-corrected chi connectivity index (χ4v) is 2.81. The molecular formula is C17H17ClN4O2. The summed E-state index contributed by atoms with van der Waals surface area (Å²) in [5.41, 5.74) is 7.46. The van der Waals surface area contributed by atoms with Crippen molar-refractivity contribution in [1.82, 2.24) is 15.8 Å². The minimum absolute atomic E-state index is 0.191. The van der Waals surface area contributed by atoms with Crippen LogP contribution in [0.2, 0.25) is 5.15 Å². The number of aromatic nitrogens is 1. The quantitative estimate of drug-likeness (QED) is 0.659. The lowest BCUT2D eigenvalue weighted by Crippen LogP contribution is -2.47. The van der Waals surface area contributed by atoms with E-state index in [0.717, 1.165) is 25.1 Å². The van der Waals surface area contributed by atoms with Crippen molar-refractivity contribution in [3.05, 3.63) is 58.9 Å². The Morgan fingerprint density at radius 2 is 2.00 bits per heavy atom. The molecule has 0 bridgehead atoms. The number of anilines is 1. The first-order valence-electron chi connectivity index (χ1n) is 7.67. The number of rotatable bonds is 3. The van der Waals surface area contributed by atoms with E-state index in [9.17, 15) is 9.59 Å². The van der Waals surface area contributed by atoms with Crippen LogP contribution >= 0.6 is 11.6 Å². The Kier molecular flexibility index (Phi) is 4.96. The maximum absolute atomic E-state index is 12.1. The van der Waals surface area contributed by atoms with Crippen molar-refractivity contribution in [2.24, 2.45) is 0 Å². The Balaban J connectivity index is 1.55. The standard InChI is InChI=1S/C17H17ClN4O2/c18-15-8-7-13(10-19-15)17(24)21-20-16(23)11-22-9-3-5-12-4-1-2-6-14(12)22/h1-2,4,6-8,10H,3,5,9,11H2,(H,20,23)(H,21,24). The maximum Gasteiger partial charge on any atom is 0.271 e. The Hall–Kier alpha value is -2.60. The smallest absolute Gasteiger partial charge is 0.271 e. The van der Waals surface area contributed by atoms with Gasteiger partial charge in [-0.2, -0.15) is 0 Å². The van der Waals surface area contributed by atoms with Crippen molar-refractivity contribution in [1.29, 1.82) is 0 Å². The topological polar surface area (TPSA) is 74.3 Å². The lowest BCUT2D eigenvalue weighted by atomic mass is 10.0. The highest BCUT2D eigenvalue weighted by atomic mass is 35.5. The van der Waals surface area contributed by atoms with Gasteiger partial charge in [-0.15, -0.1) is 0 Å². The van der Waals surface area contributed by atoms with Gasteiger partial charge in [0.25, 0.3) is 11.8 Å². The summed E-state index contributed by atoms with van der Waals surface area (Å²) in [6.45, 7) is 1.01. The second kappa shape index (κ2) is 7.31. The number of hydrazine groups is 1. The summed E-state index contributed by atoms with van der Waals surface area (Å²) in [5, 5.41) is 0.305. The third kappa shape index (κ3) is 3.83. The Bertz CT molecular complexity index is 749. The van der Waals surface area contributed by atoms with Crippen molar-refractivity contribution in [2.75, 3.05) is 18.0 Å². The summed E-state index contributed by atoms with van der Waals surface area (Å²) in [4.78, 5) is 29.9. The van der Waals surface area contributed by atoms with E-state index in [0.29, 0.717) is 10.7 Å². The molecule has 2 aromatic rings. The molecular weight excluding hydrogens is 328 g/mol. The van der Waals surface area contributed by atoms with Crippen LogP contribution in [0.5, 0.6) is 0 Å². The number of hydrogen-bond acceptors (Lipinski definition) is 4. The van der Waals surface area contributed by atoms with Crippen molar-refractivity contribution < 1.29 is 9.59 Å². The zero-order chi connectivity index (χ0) is 16.9. The van der Waals surface area contributed by atoms with E-state index in [4.69, 9.17) is 11.6 Å². The highest BCUT2D eigenvalue weighted by molar-refractivity contribution is 6.29. The number of amides is 2. The molecule has 2 N–H and O–H groups in total. The van der Waals surface area contributed by atoms with Crippen LogP contribution in [0.4, 0.5) is 5.69 Å². The van der Waals surface area contributed by atoms with Crippen LogP contribution in [0.15, 0.2) is 42.6 Å². The van der Waals surface area contributed by atoms with Crippen molar-refractivity contribution in [2.45, 2.75) is 12.8 Å². The summed E-state index contributed by atoms with van der Waals surface area (Å²) >= 11 is 5.68. The number of carbonyl (C=O) groups excluding carboxylic acids is 2. The first-order valence-corrected chi connectivity index (χ1v) is 8.05. The summed E-state index contributed by atoms with van der Waals surface area (Å²) in [5.74, 6) is -0.714. The molecule has 124 valence electrons. The number of benzene rings is 1. The monoisotopic (exact) mass is 344 g/mol. The van der Waals surface area contributed by atoms with Gasteiger partial charge in [0, 0.05) is 18.4 Å². The zero-order valence-electron chi connectivity index (χ0n) is 13.0. The molecule has 0 aliphatic carbocycles. The maximum atomic E-state index is 12.1. The molecule has 1 aromatic carbocycles. The number of fused-ring (bicyclic) bond motifs is 1. The van der Waals surface area contributed by atoms with E-state index in [1.54, 1.807) is 0 Å². The third-order valence-electron chi connectivity index (χ3n) is 3.85. The fourth-order valence-electron chi connectivity index (χ4n) is 2.70. The number of carbonyl (C=O) groups is 2. The molecule has 1 aromatic heterocycles. The van der Waals surface area contributed by atoms with Gasteiger partial charge in [-0.1, -0.05) is 29.8 Å². The summed E-state index contributed by atoms with van der Waals surface area (Å²) in [6.07, 6.45) is 3.38. The van der Waals surface area contributed by atoms with E-state index < -0.39 is 5.91 Å². The first-order chi connectivity index (χ1) is 11.6. The zero-order valence-corrected chi connectivity index (χ0v) is 13.7. The molecule has 1 aliphatic heterocycles. The van der Waals surface area contributed by atoms with E-state index in [-0.39, 0.29) is 12.5 Å². The average molecular weight is 345 g/mol. The predicted octanol–water partition coefficient (Wildman–Crippen LogP) is 1.95. The second-order valence-corrected chi connectivity index (χ2v) is 5.91. The molecule has 3 rings (SSSR count). The Labute approximate surface area is 144 Å². The Morgan fingerprint density at radius 3 is 2.79 bits per heavy atom. The third-order valence-corrected chi connectivity index (χ3v) is 4.07. The number of nitrogens with zero attached hydrogens (tertiary/aromatic N) is 2. The fraction of sp³-hybridized carbons (Fsp3) is 0.235. The van der Waals surface area contributed by atoms with Gasteiger partial charge in [0.2, 0.25) is 0 Å². The first kappa shape index (κ1) is 16.3. The number of nitrogens with one attached hydrogen (secondary N) is 2. The lowest BCUT2D eigenvalue weighted by Gasteiger charge is -2.30. The summed E-state index contributed by atoms with van der Waals surface area (Å²) in [7, 11) is 0. The van der Waals surface area contributed by atoms with Crippen LogP contribution in [0, 0.1) is 0 Å². The normalized spacial score (nSPS) is 13.1. The summed E-state index contributed by atoms with van der Waals surface area (Å²) < 4.78 is 0. The van der Waals surface area contributed by atoms with Gasteiger partial charge in [0.1, 0.15) is 5.15 Å². The largest absolute Gasteiger partial charge is 0.362 e. The van der Waals surface area contributed by atoms with Crippen molar-refractivity contribution >= 4 is 29.1 Å². The SMILES string of the molecule is O=C(CN1CCCc2ccccc21)NNC(=O)c1ccc(Cl)nc1. The molecule has 0 saturated carbocycles. The van der Waals surface area contributed by atoms with Gasteiger partial charge in [-0.25, -0.2) is 4.98 Å². The van der Waals surface area contributed by atoms with Crippen LogP contribution in [0.25, 0.3) is 0 Å². The minimum atomic E-state index is -0.438. The van der Waals surface area contributed by atoms with E-state index in [1.807, 2.05) is 23.1 Å². The molecule has 0 atom stereocenters. The molecule has 6 nitrogen and oxygen atoms in total. The van der Waals surface area contributed by atoms with E-state index in [2.05, 4.69) is 21.9 Å². The molecule has 0 fully saturated rings. The number of para-hydroxylation sites is 1. The molecule has 1 aliphatic rings. The number of aryl methyl sites for hydroxylation is 1. The lowest BCUT2D eigenvalue weighted by molar-refractivity contribution is -0.120. The molecule has 7 heteroatoms.